The molecule has 0 saturated carbocycles. The Morgan fingerprint density at radius 3 is 2.81 bits per heavy atom. The molecular weight excluding hydrogens is 202 g/mol. The van der Waals surface area contributed by atoms with Gasteiger partial charge in [0.2, 0.25) is 0 Å². The third-order valence-electron chi connectivity index (χ3n) is 2.73. The van der Waals surface area contributed by atoms with Crippen LogP contribution in [0, 0.1) is 6.92 Å². The summed E-state index contributed by atoms with van der Waals surface area (Å²) in [5.41, 5.74) is 7.90. The van der Waals surface area contributed by atoms with Gasteiger partial charge in [0.15, 0.2) is 0 Å². The van der Waals surface area contributed by atoms with Crippen molar-refractivity contribution in [3.63, 3.8) is 0 Å². The third-order valence-corrected chi connectivity index (χ3v) is 2.73. The second-order valence-electron chi connectivity index (χ2n) is 4.18. The van der Waals surface area contributed by atoms with Crippen molar-refractivity contribution in [2.24, 2.45) is 5.73 Å². The normalized spacial score (nSPS) is 13.0. The highest BCUT2D eigenvalue weighted by Gasteiger charge is 2.12. The maximum atomic E-state index is 5.83. The molecule has 1 unspecified atom stereocenters. The molecule has 2 N–H and O–H groups in total. The van der Waals surface area contributed by atoms with Gasteiger partial charge in [-0.1, -0.05) is 0 Å². The van der Waals surface area contributed by atoms with Gasteiger partial charge in [-0.25, -0.2) is 0 Å². The van der Waals surface area contributed by atoms with E-state index in [9.17, 15) is 0 Å². The minimum Gasteiger partial charge on any atom is -0.497 e. The first-order valence-corrected chi connectivity index (χ1v) is 5.43. The van der Waals surface area contributed by atoms with Crippen LogP contribution in [0.1, 0.15) is 18.2 Å². The van der Waals surface area contributed by atoms with E-state index in [1.54, 1.807) is 7.11 Å². The first kappa shape index (κ1) is 11.0. The standard InChI is InChI=1S/C13H17NO2/c1-8(14)6-12-9(2)16-13-7-10(15-3)4-5-11(12)13/h4-5,7-8H,6,14H2,1-3H3. The fourth-order valence-electron chi connectivity index (χ4n) is 1.96. The van der Waals surface area contributed by atoms with E-state index >= 15 is 0 Å². The first-order chi connectivity index (χ1) is 7.61. The molecule has 0 saturated heterocycles. The zero-order chi connectivity index (χ0) is 11.7. The topological polar surface area (TPSA) is 48.4 Å². The van der Waals surface area contributed by atoms with Crippen molar-refractivity contribution in [3.05, 3.63) is 29.5 Å². The Bertz CT molecular complexity index is 500. The molecule has 86 valence electrons. The molecule has 16 heavy (non-hydrogen) atoms. The van der Waals surface area contributed by atoms with Crippen LogP contribution < -0.4 is 10.5 Å². The lowest BCUT2D eigenvalue weighted by molar-refractivity contribution is 0.414. The van der Waals surface area contributed by atoms with Gasteiger partial charge in [-0.2, -0.15) is 0 Å². The fourth-order valence-corrected chi connectivity index (χ4v) is 1.96. The molecule has 3 nitrogen and oxygen atoms in total. The van der Waals surface area contributed by atoms with E-state index in [0.717, 1.165) is 28.9 Å². The van der Waals surface area contributed by atoms with Crippen molar-refractivity contribution in [2.75, 3.05) is 7.11 Å². The van der Waals surface area contributed by atoms with Gasteiger partial charge in [-0.3, -0.25) is 0 Å². The molecule has 2 rings (SSSR count). The highest BCUT2D eigenvalue weighted by atomic mass is 16.5. The summed E-state index contributed by atoms with van der Waals surface area (Å²) in [6.07, 6.45) is 0.838. The number of hydrogen-bond acceptors (Lipinski definition) is 3. The lowest BCUT2D eigenvalue weighted by atomic mass is 10.0. The van der Waals surface area contributed by atoms with Crippen molar-refractivity contribution in [3.8, 4) is 5.75 Å². The van der Waals surface area contributed by atoms with Gasteiger partial charge in [0, 0.05) is 23.1 Å². The first-order valence-electron chi connectivity index (χ1n) is 5.43. The van der Waals surface area contributed by atoms with E-state index in [-0.39, 0.29) is 6.04 Å². The SMILES string of the molecule is COc1ccc2c(CC(C)N)c(C)oc2c1. The van der Waals surface area contributed by atoms with Gasteiger partial charge in [0.25, 0.3) is 0 Å². The molecule has 1 heterocycles. The lowest BCUT2D eigenvalue weighted by Gasteiger charge is -2.04. The van der Waals surface area contributed by atoms with Crippen LogP contribution in [0.4, 0.5) is 0 Å². The molecule has 0 aliphatic rings. The number of ether oxygens (including phenoxy) is 1. The quantitative estimate of drug-likeness (QED) is 0.863. The molecule has 0 amide bonds. The number of aryl methyl sites for hydroxylation is 1. The fraction of sp³-hybridized carbons (Fsp3) is 0.385. The van der Waals surface area contributed by atoms with Gasteiger partial charge in [0.1, 0.15) is 17.1 Å². The third kappa shape index (κ3) is 1.91. The van der Waals surface area contributed by atoms with E-state index in [1.165, 1.54) is 5.56 Å². The number of rotatable bonds is 3. The Hall–Kier alpha value is -1.48. The van der Waals surface area contributed by atoms with Crippen molar-refractivity contribution < 1.29 is 9.15 Å². The summed E-state index contributed by atoms with van der Waals surface area (Å²) >= 11 is 0. The number of hydrogen-bond donors (Lipinski definition) is 1. The molecule has 0 radical (unpaired) electrons. The summed E-state index contributed by atoms with van der Waals surface area (Å²) in [6.45, 7) is 3.98. The van der Waals surface area contributed by atoms with E-state index in [4.69, 9.17) is 14.9 Å². The molecular formula is C13H17NO2. The average molecular weight is 219 g/mol. The van der Waals surface area contributed by atoms with Crippen LogP contribution in [0.3, 0.4) is 0 Å². The number of fused-ring (bicyclic) bond motifs is 1. The Morgan fingerprint density at radius 1 is 1.44 bits per heavy atom. The van der Waals surface area contributed by atoms with Crippen LogP contribution in [0.15, 0.2) is 22.6 Å². The predicted octanol–water partition coefficient (Wildman–Crippen LogP) is 2.64. The van der Waals surface area contributed by atoms with Gasteiger partial charge >= 0.3 is 0 Å². The zero-order valence-corrected chi connectivity index (χ0v) is 9.91. The molecule has 0 aliphatic heterocycles. The molecule has 0 bridgehead atoms. The van der Waals surface area contributed by atoms with Crippen molar-refractivity contribution >= 4 is 11.0 Å². The van der Waals surface area contributed by atoms with Crippen LogP contribution in [0.25, 0.3) is 11.0 Å². The molecule has 1 atom stereocenters. The molecule has 0 fully saturated rings. The highest BCUT2D eigenvalue weighted by Crippen LogP contribution is 2.29. The van der Waals surface area contributed by atoms with Crippen LogP contribution >= 0.6 is 0 Å². The molecule has 3 heteroatoms. The van der Waals surface area contributed by atoms with Crippen LogP contribution in [-0.4, -0.2) is 13.2 Å². The maximum absolute atomic E-state index is 5.83. The Morgan fingerprint density at radius 2 is 2.19 bits per heavy atom. The monoisotopic (exact) mass is 219 g/mol. The average Bonchev–Trinajstić information content (AvgIpc) is 2.54. The Balaban J connectivity index is 2.53. The lowest BCUT2D eigenvalue weighted by Crippen LogP contribution is -2.17. The summed E-state index contributed by atoms with van der Waals surface area (Å²) in [5, 5.41) is 1.13. The van der Waals surface area contributed by atoms with Crippen molar-refractivity contribution in [1.82, 2.24) is 0 Å². The summed E-state index contributed by atoms with van der Waals surface area (Å²) in [4.78, 5) is 0. The van der Waals surface area contributed by atoms with Crippen molar-refractivity contribution in [2.45, 2.75) is 26.3 Å². The van der Waals surface area contributed by atoms with Crippen LogP contribution in [0.5, 0.6) is 5.75 Å². The molecule has 0 aliphatic carbocycles. The second kappa shape index (κ2) is 4.18. The molecule has 0 spiro atoms. The zero-order valence-electron chi connectivity index (χ0n) is 9.91. The molecule has 1 aromatic heterocycles. The van der Waals surface area contributed by atoms with Gasteiger partial charge in [0.05, 0.1) is 7.11 Å². The minimum absolute atomic E-state index is 0.140. The van der Waals surface area contributed by atoms with E-state index < -0.39 is 0 Å². The highest BCUT2D eigenvalue weighted by molar-refractivity contribution is 5.83. The molecule has 2 aromatic rings. The van der Waals surface area contributed by atoms with Gasteiger partial charge in [-0.15, -0.1) is 0 Å². The molecule has 1 aromatic carbocycles. The van der Waals surface area contributed by atoms with Crippen molar-refractivity contribution in [1.29, 1.82) is 0 Å². The summed E-state index contributed by atoms with van der Waals surface area (Å²) in [6, 6.07) is 6.03. The van der Waals surface area contributed by atoms with E-state index in [2.05, 4.69) is 0 Å². The van der Waals surface area contributed by atoms with E-state index in [1.807, 2.05) is 32.0 Å². The predicted molar refractivity (Wildman–Crippen MR) is 64.9 cm³/mol. The Labute approximate surface area is 95.2 Å². The van der Waals surface area contributed by atoms with Crippen LogP contribution in [-0.2, 0) is 6.42 Å². The number of methoxy groups -OCH3 is 1. The number of benzene rings is 1. The second-order valence-corrected chi connectivity index (χ2v) is 4.18. The Kier molecular flexibility index (Phi) is 2.88. The summed E-state index contributed by atoms with van der Waals surface area (Å²) < 4.78 is 10.9. The summed E-state index contributed by atoms with van der Waals surface area (Å²) in [7, 11) is 1.65. The van der Waals surface area contributed by atoms with Gasteiger partial charge in [-0.05, 0) is 32.4 Å². The van der Waals surface area contributed by atoms with Crippen LogP contribution in [0.2, 0.25) is 0 Å². The smallest absolute Gasteiger partial charge is 0.138 e. The summed E-state index contributed by atoms with van der Waals surface area (Å²) in [5.74, 6) is 1.76. The maximum Gasteiger partial charge on any atom is 0.138 e. The van der Waals surface area contributed by atoms with E-state index in [0.29, 0.717) is 0 Å². The largest absolute Gasteiger partial charge is 0.497 e. The number of nitrogens with two attached hydrogens (primary N) is 1. The van der Waals surface area contributed by atoms with Gasteiger partial charge < -0.3 is 14.9 Å². The number of furan rings is 1. The minimum atomic E-state index is 0.140.